The lowest BCUT2D eigenvalue weighted by molar-refractivity contribution is -0.122. The average molecular weight is 413 g/mol. The molecule has 1 amide bonds. The third-order valence-corrected chi connectivity index (χ3v) is 7.74. The van der Waals surface area contributed by atoms with Gasteiger partial charge in [0.2, 0.25) is 5.91 Å². The summed E-state index contributed by atoms with van der Waals surface area (Å²) in [5, 5.41) is 14.3. The molecular formula is C22H34ClFN2O2. The Morgan fingerprint density at radius 1 is 1.39 bits per heavy atom. The molecule has 6 unspecified atom stereocenters. The number of nitrogens with zero attached hydrogens (tertiary/aromatic N) is 1. The first-order valence-electron chi connectivity index (χ1n) is 10.8. The number of amides is 1. The molecule has 2 aliphatic carbocycles. The topological polar surface area (TPSA) is 61.7 Å². The van der Waals surface area contributed by atoms with Crippen molar-refractivity contribution in [1.29, 1.82) is 0 Å². The van der Waals surface area contributed by atoms with Gasteiger partial charge in [-0.1, -0.05) is 13.8 Å². The van der Waals surface area contributed by atoms with Gasteiger partial charge in [-0.05, 0) is 74.3 Å². The summed E-state index contributed by atoms with van der Waals surface area (Å²) in [4.78, 5) is 16.2. The number of aliphatic hydroxyl groups is 1. The van der Waals surface area contributed by atoms with E-state index in [4.69, 9.17) is 11.6 Å². The van der Waals surface area contributed by atoms with Crippen LogP contribution < -0.4 is 5.32 Å². The molecule has 0 aromatic carbocycles. The van der Waals surface area contributed by atoms with Crippen molar-refractivity contribution in [3.63, 3.8) is 0 Å². The summed E-state index contributed by atoms with van der Waals surface area (Å²) in [5.41, 5.74) is 0.0844. The molecule has 0 aromatic rings. The molecule has 158 valence electrons. The van der Waals surface area contributed by atoms with Gasteiger partial charge in [0.15, 0.2) is 6.30 Å². The fourth-order valence-electron chi connectivity index (χ4n) is 5.68. The van der Waals surface area contributed by atoms with Gasteiger partial charge < -0.3 is 10.4 Å². The molecule has 0 bridgehead atoms. The number of carbonyl (C=O) groups is 1. The van der Waals surface area contributed by atoms with Crippen LogP contribution in [-0.2, 0) is 4.79 Å². The zero-order valence-electron chi connectivity index (χ0n) is 17.2. The van der Waals surface area contributed by atoms with Crippen LogP contribution >= 0.6 is 11.6 Å². The minimum absolute atomic E-state index is 0.00791. The van der Waals surface area contributed by atoms with Crippen molar-refractivity contribution in [2.75, 3.05) is 0 Å². The van der Waals surface area contributed by atoms with Crippen LogP contribution in [0.25, 0.3) is 0 Å². The van der Waals surface area contributed by atoms with E-state index in [0.29, 0.717) is 43.4 Å². The first-order chi connectivity index (χ1) is 13.2. The van der Waals surface area contributed by atoms with Gasteiger partial charge >= 0.3 is 0 Å². The highest BCUT2D eigenvalue weighted by Crippen LogP contribution is 2.55. The number of alkyl halides is 2. The maximum atomic E-state index is 13.7. The van der Waals surface area contributed by atoms with Gasteiger partial charge in [-0.15, -0.1) is 11.6 Å². The van der Waals surface area contributed by atoms with Crippen molar-refractivity contribution in [3.8, 4) is 0 Å². The van der Waals surface area contributed by atoms with Crippen molar-refractivity contribution in [3.05, 3.63) is 11.6 Å². The van der Waals surface area contributed by atoms with Crippen molar-refractivity contribution in [2.45, 2.75) is 89.0 Å². The molecule has 8 atom stereocenters. The van der Waals surface area contributed by atoms with Crippen molar-refractivity contribution in [2.24, 2.45) is 28.7 Å². The van der Waals surface area contributed by atoms with Crippen molar-refractivity contribution in [1.82, 2.24) is 5.32 Å². The molecule has 6 heteroatoms. The summed E-state index contributed by atoms with van der Waals surface area (Å²) in [5.74, 6) is 1.32. The quantitative estimate of drug-likeness (QED) is 0.501. The van der Waals surface area contributed by atoms with E-state index in [2.05, 4.69) is 10.3 Å². The second-order valence-electron chi connectivity index (χ2n) is 9.27. The molecule has 1 aliphatic heterocycles. The molecular weight excluding hydrogens is 379 g/mol. The first-order valence-corrected chi connectivity index (χ1v) is 11.2. The molecule has 28 heavy (non-hydrogen) atoms. The first kappa shape index (κ1) is 21.8. The van der Waals surface area contributed by atoms with Gasteiger partial charge in [0.05, 0.1) is 11.0 Å². The number of rotatable bonds is 6. The van der Waals surface area contributed by atoms with Crippen LogP contribution in [0.5, 0.6) is 0 Å². The SMILES string of the molecule is CC[C@H](Cl)C(C)NC(=O)CC1CC2CC(O)(C3=CC=NC(F)CC3C)C[C@@H]2C1. The number of hydrogen-bond acceptors (Lipinski definition) is 3. The highest BCUT2D eigenvalue weighted by Gasteiger charge is 2.51. The third-order valence-electron chi connectivity index (χ3n) is 7.05. The zero-order valence-corrected chi connectivity index (χ0v) is 18.0. The Balaban J connectivity index is 1.54. The number of halogens is 2. The number of nitrogens with one attached hydrogen (secondary N) is 1. The second-order valence-corrected chi connectivity index (χ2v) is 9.83. The largest absolute Gasteiger partial charge is 0.385 e. The monoisotopic (exact) mass is 412 g/mol. The van der Waals surface area contributed by atoms with Crippen LogP contribution in [0.3, 0.4) is 0 Å². The van der Waals surface area contributed by atoms with Crippen LogP contribution in [0.4, 0.5) is 4.39 Å². The van der Waals surface area contributed by atoms with Crippen LogP contribution in [0.2, 0.25) is 0 Å². The normalized spacial score (nSPS) is 39.8. The fraction of sp³-hybridized carbons (Fsp3) is 0.818. The van der Waals surface area contributed by atoms with Gasteiger partial charge in [-0.3, -0.25) is 9.79 Å². The van der Waals surface area contributed by atoms with Crippen molar-refractivity contribution >= 4 is 23.7 Å². The van der Waals surface area contributed by atoms with Crippen LogP contribution in [0, 0.1) is 23.7 Å². The molecule has 0 aromatic heterocycles. The molecule has 2 fully saturated rings. The number of allylic oxidation sites excluding steroid dienone is 1. The Morgan fingerprint density at radius 3 is 2.64 bits per heavy atom. The molecule has 0 saturated heterocycles. The third kappa shape index (κ3) is 4.79. The summed E-state index contributed by atoms with van der Waals surface area (Å²) in [6.45, 7) is 5.95. The minimum Gasteiger partial charge on any atom is -0.385 e. The molecule has 4 nitrogen and oxygen atoms in total. The number of carbonyl (C=O) groups excluding carboxylic acids is 1. The van der Waals surface area contributed by atoms with E-state index >= 15 is 0 Å². The molecule has 2 saturated carbocycles. The van der Waals surface area contributed by atoms with E-state index in [9.17, 15) is 14.3 Å². The Kier molecular flexibility index (Phi) is 6.86. The van der Waals surface area contributed by atoms with Gasteiger partial charge in [0.1, 0.15) is 0 Å². The Morgan fingerprint density at radius 2 is 2.04 bits per heavy atom. The van der Waals surface area contributed by atoms with E-state index in [1.165, 1.54) is 6.21 Å². The Labute approximate surface area is 173 Å². The average Bonchev–Trinajstić information content (AvgIpc) is 3.04. The highest BCUT2D eigenvalue weighted by molar-refractivity contribution is 6.21. The van der Waals surface area contributed by atoms with Crippen LogP contribution in [0.15, 0.2) is 16.6 Å². The van der Waals surface area contributed by atoms with E-state index in [-0.39, 0.29) is 23.2 Å². The lowest BCUT2D eigenvalue weighted by atomic mass is 9.80. The van der Waals surface area contributed by atoms with Gasteiger partial charge in [0.25, 0.3) is 0 Å². The second kappa shape index (κ2) is 8.83. The number of hydrogen-bond donors (Lipinski definition) is 2. The minimum atomic E-state index is -1.18. The van der Waals surface area contributed by atoms with Crippen molar-refractivity contribution < 1.29 is 14.3 Å². The predicted molar refractivity (Wildman–Crippen MR) is 111 cm³/mol. The van der Waals surface area contributed by atoms with Gasteiger partial charge in [0, 0.05) is 25.1 Å². The molecule has 2 N–H and O–H groups in total. The summed E-state index contributed by atoms with van der Waals surface area (Å²) in [7, 11) is 0. The molecule has 3 aliphatic rings. The smallest absolute Gasteiger partial charge is 0.220 e. The molecule has 0 spiro atoms. The molecule has 0 radical (unpaired) electrons. The summed E-state index contributed by atoms with van der Waals surface area (Å²) in [6, 6.07) is -0.0187. The summed E-state index contributed by atoms with van der Waals surface area (Å²) < 4.78 is 13.7. The highest BCUT2D eigenvalue weighted by atomic mass is 35.5. The van der Waals surface area contributed by atoms with E-state index in [1.807, 2.05) is 26.8 Å². The number of aliphatic imine (C=N–C) groups is 1. The van der Waals surface area contributed by atoms with E-state index in [1.54, 1.807) is 0 Å². The Bertz CT molecular complexity index is 624. The standard InChI is InChI=1S/C22H34ClFN2O2/c1-4-19(23)14(3)26-21(27)10-15-8-16-11-22(28,12-17(16)9-15)18-5-6-25-20(24)7-13(18)2/h5-6,13-17,19-20,28H,4,7-12H2,1-3H3,(H,26,27)/t13?,14?,15?,16-,17?,19-,20?,22?/m0/s1. The van der Waals surface area contributed by atoms with Gasteiger partial charge in [-0.25, -0.2) is 4.39 Å². The van der Waals surface area contributed by atoms with E-state index < -0.39 is 11.9 Å². The summed E-state index contributed by atoms with van der Waals surface area (Å²) >= 11 is 6.21. The van der Waals surface area contributed by atoms with Crippen LogP contribution in [0.1, 0.15) is 65.7 Å². The van der Waals surface area contributed by atoms with Gasteiger partial charge in [-0.2, -0.15) is 0 Å². The zero-order chi connectivity index (χ0) is 20.5. The fourth-order valence-corrected chi connectivity index (χ4v) is 5.75. The lowest BCUT2D eigenvalue weighted by Crippen LogP contribution is -2.39. The summed E-state index contributed by atoms with van der Waals surface area (Å²) in [6.07, 6.45) is 7.26. The lowest BCUT2D eigenvalue weighted by Gasteiger charge is -2.31. The maximum Gasteiger partial charge on any atom is 0.220 e. The Hall–Kier alpha value is -0.940. The molecule has 1 heterocycles. The number of fused-ring (bicyclic) bond motifs is 1. The maximum absolute atomic E-state index is 13.7. The van der Waals surface area contributed by atoms with Crippen LogP contribution in [-0.4, -0.2) is 40.5 Å². The van der Waals surface area contributed by atoms with E-state index in [0.717, 1.165) is 24.8 Å². The predicted octanol–water partition coefficient (Wildman–Crippen LogP) is 4.40. The molecule has 3 rings (SSSR count).